The fourth-order valence-corrected chi connectivity index (χ4v) is 2.04. The van der Waals surface area contributed by atoms with Crippen molar-refractivity contribution in [2.45, 2.75) is 46.0 Å². The van der Waals surface area contributed by atoms with E-state index in [1.54, 1.807) is 5.57 Å². The van der Waals surface area contributed by atoms with Crippen LogP contribution < -0.4 is 5.32 Å². The summed E-state index contributed by atoms with van der Waals surface area (Å²) in [5, 5.41) is 3.40. The Balaban J connectivity index is 2.33. The van der Waals surface area contributed by atoms with Crippen LogP contribution in [0, 0.1) is 5.92 Å². The van der Waals surface area contributed by atoms with Crippen molar-refractivity contribution in [2.75, 3.05) is 13.1 Å². The van der Waals surface area contributed by atoms with Crippen LogP contribution in [0.3, 0.4) is 0 Å². The van der Waals surface area contributed by atoms with Gasteiger partial charge in [-0.25, -0.2) is 0 Å². The van der Waals surface area contributed by atoms with Crippen LogP contribution in [0.5, 0.6) is 0 Å². The molecule has 1 N–H and O–H groups in total. The summed E-state index contributed by atoms with van der Waals surface area (Å²) in [4.78, 5) is 0. The minimum absolute atomic E-state index is 0.897. The summed E-state index contributed by atoms with van der Waals surface area (Å²) in [7, 11) is 0. The minimum Gasteiger partial charge on any atom is -0.313 e. The number of nitrogens with one attached hydrogen (secondary N) is 1. The van der Waals surface area contributed by atoms with E-state index in [4.69, 9.17) is 0 Å². The van der Waals surface area contributed by atoms with E-state index in [0.29, 0.717) is 0 Å². The van der Waals surface area contributed by atoms with Crippen LogP contribution in [0.25, 0.3) is 0 Å². The van der Waals surface area contributed by atoms with E-state index in [0.717, 1.165) is 19.0 Å². The lowest BCUT2D eigenvalue weighted by atomic mass is 10.0. The van der Waals surface area contributed by atoms with Gasteiger partial charge < -0.3 is 5.32 Å². The molecule has 76 valence electrons. The molecule has 0 aromatic rings. The average molecular weight is 181 g/mol. The smallest absolute Gasteiger partial charge is 0.0164 e. The number of hydrogen-bond donors (Lipinski definition) is 1. The Labute approximate surface area is 82.6 Å². The zero-order valence-corrected chi connectivity index (χ0v) is 9.10. The summed E-state index contributed by atoms with van der Waals surface area (Å²) in [6.07, 6.45) is 9.48. The Morgan fingerprint density at radius 1 is 1.31 bits per heavy atom. The lowest BCUT2D eigenvalue weighted by Crippen LogP contribution is -2.16. The minimum atomic E-state index is 0.897. The van der Waals surface area contributed by atoms with Crippen molar-refractivity contribution in [3.63, 3.8) is 0 Å². The third-order valence-corrected chi connectivity index (χ3v) is 2.93. The molecule has 0 radical (unpaired) electrons. The van der Waals surface area contributed by atoms with Gasteiger partial charge in [0, 0.05) is 6.54 Å². The Kier molecular flexibility index (Phi) is 5.14. The van der Waals surface area contributed by atoms with Crippen molar-refractivity contribution < 1.29 is 0 Å². The molecule has 1 saturated carbocycles. The fraction of sp³-hybridized carbons (Fsp3) is 0.833. The van der Waals surface area contributed by atoms with Crippen LogP contribution >= 0.6 is 0 Å². The maximum atomic E-state index is 3.40. The van der Waals surface area contributed by atoms with E-state index in [9.17, 15) is 0 Å². The van der Waals surface area contributed by atoms with Gasteiger partial charge in [0.1, 0.15) is 0 Å². The Morgan fingerprint density at radius 2 is 2.00 bits per heavy atom. The van der Waals surface area contributed by atoms with E-state index in [-0.39, 0.29) is 0 Å². The Morgan fingerprint density at radius 3 is 2.54 bits per heavy atom. The molecular formula is C12H23N. The summed E-state index contributed by atoms with van der Waals surface area (Å²) >= 11 is 0. The second-order valence-electron chi connectivity index (χ2n) is 4.00. The molecule has 1 aliphatic rings. The molecule has 13 heavy (non-hydrogen) atoms. The van der Waals surface area contributed by atoms with E-state index in [2.05, 4.69) is 25.2 Å². The maximum Gasteiger partial charge on any atom is 0.0164 e. The van der Waals surface area contributed by atoms with Crippen molar-refractivity contribution in [1.82, 2.24) is 5.32 Å². The van der Waals surface area contributed by atoms with Gasteiger partial charge in [0.25, 0.3) is 0 Å². The highest BCUT2D eigenvalue weighted by Crippen LogP contribution is 2.27. The van der Waals surface area contributed by atoms with E-state index in [1.807, 2.05) is 0 Å². The van der Waals surface area contributed by atoms with Crippen LogP contribution in [-0.2, 0) is 0 Å². The molecule has 0 heterocycles. The van der Waals surface area contributed by atoms with E-state index < -0.39 is 0 Å². The van der Waals surface area contributed by atoms with Gasteiger partial charge in [-0.05, 0) is 31.7 Å². The van der Waals surface area contributed by atoms with Crippen molar-refractivity contribution in [2.24, 2.45) is 5.92 Å². The molecule has 1 fully saturated rings. The molecule has 0 aromatic heterocycles. The molecule has 1 aliphatic carbocycles. The second-order valence-corrected chi connectivity index (χ2v) is 4.00. The molecular weight excluding hydrogens is 158 g/mol. The van der Waals surface area contributed by atoms with Crippen LogP contribution in [0.4, 0.5) is 0 Å². The van der Waals surface area contributed by atoms with Crippen molar-refractivity contribution in [3.8, 4) is 0 Å². The predicted molar refractivity (Wildman–Crippen MR) is 58.9 cm³/mol. The van der Waals surface area contributed by atoms with Crippen LogP contribution in [0.1, 0.15) is 46.0 Å². The van der Waals surface area contributed by atoms with Gasteiger partial charge in [-0.15, -0.1) is 0 Å². The summed E-state index contributed by atoms with van der Waals surface area (Å²) < 4.78 is 0. The van der Waals surface area contributed by atoms with Crippen molar-refractivity contribution >= 4 is 0 Å². The highest BCUT2D eigenvalue weighted by molar-refractivity contribution is 5.06. The van der Waals surface area contributed by atoms with Gasteiger partial charge in [0.15, 0.2) is 0 Å². The SMILES string of the molecule is CCNCC(=CC1CCCC1)CC. The molecule has 1 rings (SSSR count). The molecule has 0 aliphatic heterocycles. The van der Waals surface area contributed by atoms with Gasteiger partial charge in [0.2, 0.25) is 0 Å². The first-order valence-corrected chi connectivity index (χ1v) is 5.77. The molecule has 1 heteroatoms. The van der Waals surface area contributed by atoms with Crippen LogP contribution in [0.2, 0.25) is 0 Å². The highest BCUT2D eigenvalue weighted by atomic mass is 14.8. The number of hydrogen-bond acceptors (Lipinski definition) is 1. The molecule has 0 bridgehead atoms. The Hall–Kier alpha value is -0.300. The summed E-state index contributed by atoms with van der Waals surface area (Å²) in [5.74, 6) is 0.897. The lowest BCUT2D eigenvalue weighted by Gasteiger charge is -2.08. The second kappa shape index (κ2) is 6.20. The van der Waals surface area contributed by atoms with Crippen molar-refractivity contribution in [1.29, 1.82) is 0 Å². The number of likely N-dealkylation sites (N-methyl/N-ethyl adjacent to an activating group) is 1. The number of allylic oxidation sites excluding steroid dienone is 1. The maximum absolute atomic E-state index is 3.40. The van der Waals surface area contributed by atoms with Crippen molar-refractivity contribution in [3.05, 3.63) is 11.6 Å². The first-order chi connectivity index (χ1) is 6.36. The first-order valence-electron chi connectivity index (χ1n) is 5.77. The topological polar surface area (TPSA) is 12.0 Å². The van der Waals surface area contributed by atoms with E-state index in [1.165, 1.54) is 32.1 Å². The first kappa shape index (κ1) is 10.8. The number of rotatable bonds is 5. The third kappa shape index (κ3) is 3.95. The molecule has 0 aromatic carbocycles. The molecule has 0 spiro atoms. The summed E-state index contributed by atoms with van der Waals surface area (Å²) in [6.45, 7) is 6.62. The summed E-state index contributed by atoms with van der Waals surface area (Å²) in [5.41, 5.74) is 1.61. The zero-order valence-electron chi connectivity index (χ0n) is 9.10. The van der Waals surface area contributed by atoms with Gasteiger partial charge in [-0.3, -0.25) is 0 Å². The molecule has 0 atom stereocenters. The highest BCUT2D eigenvalue weighted by Gasteiger charge is 2.12. The fourth-order valence-electron chi connectivity index (χ4n) is 2.04. The predicted octanol–water partition coefficient (Wildman–Crippen LogP) is 3.12. The van der Waals surface area contributed by atoms with Gasteiger partial charge in [-0.2, -0.15) is 0 Å². The third-order valence-electron chi connectivity index (χ3n) is 2.93. The molecule has 0 saturated heterocycles. The lowest BCUT2D eigenvalue weighted by molar-refractivity contribution is 0.664. The van der Waals surface area contributed by atoms with Gasteiger partial charge >= 0.3 is 0 Å². The molecule has 0 amide bonds. The van der Waals surface area contributed by atoms with Gasteiger partial charge in [0.05, 0.1) is 0 Å². The standard InChI is InChI=1S/C12H23N/c1-3-11(10-13-4-2)9-12-7-5-6-8-12/h9,12-13H,3-8,10H2,1-2H3. The largest absolute Gasteiger partial charge is 0.313 e. The average Bonchev–Trinajstić information content (AvgIpc) is 2.64. The van der Waals surface area contributed by atoms with Crippen LogP contribution in [-0.4, -0.2) is 13.1 Å². The van der Waals surface area contributed by atoms with E-state index >= 15 is 0 Å². The Bertz CT molecular complexity index is 155. The van der Waals surface area contributed by atoms with Gasteiger partial charge in [-0.1, -0.05) is 38.3 Å². The molecule has 0 unspecified atom stereocenters. The zero-order chi connectivity index (χ0) is 9.52. The van der Waals surface area contributed by atoms with Crippen LogP contribution in [0.15, 0.2) is 11.6 Å². The normalized spacial score (nSPS) is 19.7. The summed E-state index contributed by atoms with van der Waals surface area (Å²) in [6, 6.07) is 0. The quantitative estimate of drug-likeness (QED) is 0.643. The molecule has 1 nitrogen and oxygen atoms in total. The monoisotopic (exact) mass is 181 g/mol.